The highest BCUT2D eigenvalue weighted by Crippen LogP contribution is 2.30. The summed E-state index contributed by atoms with van der Waals surface area (Å²) in [7, 11) is -3.54. The Morgan fingerprint density at radius 3 is 2.95 bits per heavy atom. The molecule has 0 amide bonds. The fraction of sp³-hybridized carbons (Fsp3) is 0.357. The molecule has 7 heteroatoms. The van der Waals surface area contributed by atoms with Crippen LogP contribution in [0.25, 0.3) is 10.9 Å². The second-order valence-corrected chi connectivity index (χ2v) is 8.55. The zero-order valence-electron chi connectivity index (χ0n) is 11.7. The summed E-state index contributed by atoms with van der Waals surface area (Å²) in [5.41, 5.74) is 6.91. The number of nitrogens with zero attached hydrogens (tertiary/aromatic N) is 2. The third-order valence-electron chi connectivity index (χ3n) is 3.59. The van der Waals surface area contributed by atoms with Gasteiger partial charge in [0.1, 0.15) is 4.90 Å². The highest BCUT2D eigenvalue weighted by molar-refractivity contribution is 8.00. The molecule has 1 atom stereocenters. The lowest BCUT2D eigenvalue weighted by atomic mass is 10.2. The lowest BCUT2D eigenvalue weighted by molar-refractivity contribution is 0.424. The molecular weight excluding hydrogens is 306 g/mol. The van der Waals surface area contributed by atoms with Gasteiger partial charge in [-0.2, -0.15) is 16.1 Å². The minimum Gasteiger partial charge on any atom is -0.398 e. The summed E-state index contributed by atoms with van der Waals surface area (Å²) in [5.74, 6) is 0.820. The summed E-state index contributed by atoms with van der Waals surface area (Å²) in [6.45, 7) is 3.12. The van der Waals surface area contributed by atoms with E-state index < -0.39 is 10.0 Å². The molecule has 2 N–H and O–H groups in total. The number of benzene rings is 1. The number of fused-ring (bicyclic) bond motifs is 1. The second kappa shape index (κ2) is 5.47. The van der Waals surface area contributed by atoms with Crippen molar-refractivity contribution in [3.63, 3.8) is 0 Å². The highest BCUT2D eigenvalue weighted by atomic mass is 32.2. The van der Waals surface area contributed by atoms with Crippen molar-refractivity contribution in [2.24, 2.45) is 0 Å². The average Bonchev–Trinajstić information content (AvgIpc) is 2.47. The van der Waals surface area contributed by atoms with Crippen LogP contribution in [0.15, 0.2) is 35.4 Å². The average molecular weight is 323 g/mol. The molecule has 0 spiro atoms. The van der Waals surface area contributed by atoms with Gasteiger partial charge in [0.05, 0.1) is 5.52 Å². The first-order chi connectivity index (χ1) is 10.00. The van der Waals surface area contributed by atoms with Gasteiger partial charge in [0.2, 0.25) is 10.0 Å². The third kappa shape index (κ3) is 2.61. The third-order valence-corrected chi connectivity index (χ3v) is 6.62. The van der Waals surface area contributed by atoms with Gasteiger partial charge in [-0.05, 0) is 24.3 Å². The van der Waals surface area contributed by atoms with Crippen LogP contribution in [0, 0.1) is 0 Å². The molecule has 5 nitrogen and oxygen atoms in total. The number of thioether (sulfide) groups is 1. The Balaban J connectivity index is 2.13. The molecular formula is C14H17N3O2S2. The van der Waals surface area contributed by atoms with Crippen molar-refractivity contribution in [2.75, 3.05) is 24.6 Å². The van der Waals surface area contributed by atoms with E-state index in [9.17, 15) is 8.42 Å². The van der Waals surface area contributed by atoms with Gasteiger partial charge in [-0.3, -0.25) is 4.98 Å². The Morgan fingerprint density at radius 1 is 1.38 bits per heavy atom. The van der Waals surface area contributed by atoms with Crippen LogP contribution in [0.1, 0.15) is 6.92 Å². The topological polar surface area (TPSA) is 76.3 Å². The Kier molecular flexibility index (Phi) is 3.81. The van der Waals surface area contributed by atoms with Crippen molar-refractivity contribution >= 4 is 38.4 Å². The van der Waals surface area contributed by atoms with Crippen molar-refractivity contribution < 1.29 is 8.42 Å². The molecule has 3 rings (SSSR count). The van der Waals surface area contributed by atoms with Crippen molar-refractivity contribution in [2.45, 2.75) is 17.1 Å². The highest BCUT2D eigenvalue weighted by Gasteiger charge is 2.30. The molecule has 2 aromatic rings. The van der Waals surface area contributed by atoms with Gasteiger partial charge in [0.25, 0.3) is 0 Å². The number of aromatic nitrogens is 1. The van der Waals surface area contributed by atoms with E-state index in [2.05, 4.69) is 4.98 Å². The molecule has 1 aliphatic rings. The summed E-state index contributed by atoms with van der Waals surface area (Å²) in [6, 6.07) is 6.76. The predicted molar refractivity (Wildman–Crippen MR) is 86.8 cm³/mol. The van der Waals surface area contributed by atoms with E-state index in [0.717, 1.165) is 5.75 Å². The Bertz CT molecular complexity index is 777. The molecule has 0 saturated carbocycles. The molecule has 1 fully saturated rings. The predicted octanol–water partition coefficient (Wildman–Crippen LogP) is 1.94. The van der Waals surface area contributed by atoms with Gasteiger partial charge in [0.15, 0.2) is 0 Å². The van der Waals surface area contributed by atoms with Crippen LogP contribution in [0.2, 0.25) is 0 Å². The molecule has 1 unspecified atom stereocenters. The first-order valence-electron chi connectivity index (χ1n) is 6.75. The maximum Gasteiger partial charge on any atom is 0.245 e. The largest absolute Gasteiger partial charge is 0.398 e. The zero-order chi connectivity index (χ0) is 15.0. The van der Waals surface area contributed by atoms with Gasteiger partial charge in [-0.25, -0.2) is 8.42 Å². The first kappa shape index (κ1) is 14.6. The van der Waals surface area contributed by atoms with E-state index in [0.29, 0.717) is 34.9 Å². The van der Waals surface area contributed by atoms with E-state index in [-0.39, 0.29) is 4.90 Å². The van der Waals surface area contributed by atoms with E-state index in [1.54, 1.807) is 46.5 Å². The maximum atomic E-state index is 12.9. The van der Waals surface area contributed by atoms with E-state index in [4.69, 9.17) is 5.73 Å². The number of pyridine rings is 1. The van der Waals surface area contributed by atoms with Gasteiger partial charge >= 0.3 is 0 Å². The Morgan fingerprint density at radius 2 is 2.19 bits per heavy atom. The maximum absolute atomic E-state index is 12.9. The molecule has 21 heavy (non-hydrogen) atoms. The quantitative estimate of drug-likeness (QED) is 0.855. The van der Waals surface area contributed by atoms with Gasteiger partial charge in [-0.15, -0.1) is 0 Å². The van der Waals surface area contributed by atoms with Crippen LogP contribution in [0.4, 0.5) is 5.69 Å². The Hall–Kier alpha value is -1.31. The van der Waals surface area contributed by atoms with Crippen molar-refractivity contribution in [1.82, 2.24) is 9.29 Å². The minimum absolute atomic E-state index is 0.242. The number of nitrogens with two attached hydrogens (primary N) is 1. The Labute approximate surface area is 128 Å². The molecule has 1 saturated heterocycles. The van der Waals surface area contributed by atoms with Gasteiger partial charge in [-0.1, -0.05) is 6.92 Å². The fourth-order valence-corrected chi connectivity index (χ4v) is 5.42. The van der Waals surface area contributed by atoms with E-state index >= 15 is 0 Å². The van der Waals surface area contributed by atoms with Crippen LogP contribution in [-0.2, 0) is 10.0 Å². The van der Waals surface area contributed by atoms with Crippen molar-refractivity contribution in [1.29, 1.82) is 0 Å². The van der Waals surface area contributed by atoms with Gasteiger partial charge in [0, 0.05) is 41.4 Å². The number of anilines is 1. The van der Waals surface area contributed by atoms with Crippen LogP contribution in [0.3, 0.4) is 0 Å². The normalized spacial score (nSPS) is 20.7. The number of nitrogen functional groups attached to an aromatic ring is 1. The van der Waals surface area contributed by atoms with E-state index in [1.807, 2.05) is 6.92 Å². The number of sulfonamides is 1. The second-order valence-electron chi connectivity index (χ2n) is 5.10. The number of hydrogen-bond acceptors (Lipinski definition) is 5. The number of hydrogen-bond donors (Lipinski definition) is 1. The monoisotopic (exact) mass is 323 g/mol. The molecule has 1 aromatic carbocycles. The van der Waals surface area contributed by atoms with Crippen LogP contribution in [-0.4, -0.2) is 41.8 Å². The standard InChI is InChI=1S/C14H17N3O2S2/c1-10-9-17(7-8-20-10)21(18,19)13-5-4-12(15)11-3-2-6-16-14(11)13/h2-6,10H,7-9,15H2,1H3. The summed E-state index contributed by atoms with van der Waals surface area (Å²) in [4.78, 5) is 4.47. The molecule has 0 bridgehead atoms. The molecule has 1 aromatic heterocycles. The minimum atomic E-state index is -3.54. The molecule has 112 valence electrons. The zero-order valence-corrected chi connectivity index (χ0v) is 13.3. The molecule has 0 radical (unpaired) electrons. The fourth-order valence-electron chi connectivity index (χ4n) is 2.52. The summed E-state index contributed by atoms with van der Waals surface area (Å²) in [5, 5.41) is 0.986. The molecule has 2 heterocycles. The van der Waals surface area contributed by atoms with Crippen molar-refractivity contribution in [3.8, 4) is 0 Å². The molecule has 0 aliphatic carbocycles. The van der Waals surface area contributed by atoms with Gasteiger partial charge < -0.3 is 5.73 Å². The van der Waals surface area contributed by atoms with Crippen molar-refractivity contribution in [3.05, 3.63) is 30.5 Å². The SMILES string of the molecule is CC1CN(S(=O)(=O)c2ccc(N)c3cccnc23)CCS1. The lowest BCUT2D eigenvalue weighted by Gasteiger charge is -2.29. The van der Waals surface area contributed by atoms with Crippen LogP contribution < -0.4 is 5.73 Å². The summed E-state index contributed by atoms with van der Waals surface area (Å²) < 4.78 is 27.3. The van der Waals surface area contributed by atoms with Crippen LogP contribution in [0.5, 0.6) is 0 Å². The molecule has 1 aliphatic heterocycles. The van der Waals surface area contributed by atoms with Crippen LogP contribution >= 0.6 is 11.8 Å². The smallest absolute Gasteiger partial charge is 0.245 e. The first-order valence-corrected chi connectivity index (χ1v) is 9.24. The lowest BCUT2D eigenvalue weighted by Crippen LogP contribution is -2.41. The summed E-state index contributed by atoms with van der Waals surface area (Å²) >= 11 is 1.80. The van der Waals surface area contributed by atoms with E-state index in [1.165, 1.54) is 0 Å². The summed E-state index contributed by atoms with van der Waals surface area (Å²) in [6.07, 6.45) is 1.59. The number of rotatable bonds is 2.